The molecule has 3 rings (SSSR count). The molecular formula is C14H13ClFNO3. The minimum atomic E-state index is -0.630. The lowest BCUT2D eigenvalue weighted by molar-refractivity contribution is -0.114. The number of carbonyl (C=O) groups is 2. The van der Waals surface area contributed by atoms with E-state index in [0.717, 1.165) is 25.5 Å². The Hall–Kier alpha value is -1.46. The molecule has 2 aliphatic heterocycles. The number of Topliss-reactive ketones (excluding diaryl/α,β-unsaturated/α-hetero) is 1. The van der Waals surface area contributed by atoms with Crippen molar-refractivity contribution < 1.29 is 18.7 Å². The number of benzene rings is 1. The van der Waals surface area contributed by atoms with E-state index >= 15 is 0 Å². The molecule has 2 heterocycles. The zero-order chi connectivity index (χ0) is 14.3. The van der Waals surface area contributed by atoms with Gasteiger partial charge in [-0.25, -0.2) is 4.39 Å². The standard InChI is InChI=1S/C14H13ClFNO3/c15-10-6-9-12(7-11(10)16)17(14(19)13(9)18)4-3-8-2-1-5-20-8/h6-8H,1-5H2. The SMILES string of the molecule is O=C1C(=O)N(CCC2CCCO2)c2cc(F)c(Cl)cc21. The van der Waals surface area contributed by atoms with Crippen LogP contribution in [0.2, 0.25) is 5.02 Å². The minimum absolute atomic E-state index is 0.110. The zero-order valence-electron chi connectivity index (χ0n) is 10.7. The normalized spacial score (nSPS) is 21.7. The Bertz CT molecular complexity index is 584. The van der Waals surface area contributed by atoms with Crippen LogP contribution in [0.5, 0.6) is 0 Å². The second kappa shape index (κ2) is 5.14. The van der Waals surface area contributed by atoms with Crippen LogP contribution in [0.15, 0.2) is 12.1 Å². The van der Waals surface area contributed by atoms with Crippen molar-refractivity contribution in [2.45, 2.75) is 25.4 Å². The lowest BCUT2D eigenvalue weighted by Gasteiger charge is -2.18. The molecule has 0 bridgehead atoms. The van der Waals surface area contributed by atoms with Crippen LogP contribution in [0.1, 0.15) is 29.6 Å². The van der Waals surface area contributed by atoms with Crippen molar-refractivity contribution in [3.63, 3.8) is 0 Å². The molecule has 0 aliphatic carbocycles. The smallest absolute Gasteiger partial charge is 0.299 e. The maximum Gasteiger partial charge on any atom is 0.299 e. The largest absolute Gasteiger partial charge is 0.378 e. The Kier molecular flexibility index (Phi) is 3.48. The van der Waals surface area contributed by atoms with Crippen molar-refractivity contribution in [2.75, 3.05) is 18.1 Å². The first-order valence-electron chi connectivity index (χ1n) is 6.55. The molecule has 1 aromatic carbocycles. The van der Waals surface area contributed by atoms with E-state index in [1.807, 2.05) is 0 Å². The Morgan fingerprint density at radius 1 is 1.40 bits per heavy atom. The van der Waals surface area contributed by atoms with E-state index < -0.39 is 17.5 Å². The average molecular weight is 298 g/mol. The fourth-order valence-corrected chi connectivity index (χ4v) is 2.82. The molecule has 0 N–H and O–H groups in total. The summed E-state index contributed by atoms with van der Waals surface area (Å²) < 4.78 is 19.0. The van der Waals surface area contributed by atoms with E-state index in [1.165, 1.54) is 11.0 Å². The van der Waals surface area contributed by atoms with Gasteiger partial charge in [-0.15, -0.1) is 0 Å². The lowest BCUT2D eigenvalue weighted by Crippen LogP contribution is -2.32. The van der Waals surface area contributed by atoms with E-state index in [1.54, 1.807) is 0 Å². The van der Waals surface area contributed by atoms with E-state index in [-0.39, 0.29) is 16.7 Å². The van der Waals surface area contributed by atoms with Crippen LogP contribution in [-0.2, 0) is 9.53 Å². The lowest BCUT2D eigenvalue weighted by atomic mass is 10.1. The number of anilines is 1. The van der Waals surface area contributed by atoms with Crippen LogP contribution in [0.25, 0.3) is 0 Å². The number of nitrogens with zero attached hydrogens (tertiary/aromatic N) is 1. The third-order valence-corrected chi connectivity index (χ3v) is 4.00. The van der Waals surface area contributed by atoms with Gasteiger partial charge in [0.25, 0.3) is 11.7 Å². The molecule has 1 aromatic rings. The fourth-order valence-electron chi connectivity index (χ4n) is 2.66. The zero-order valence-corrected chi connectivity index (χ0v) is 11.5. The van der Waals surface area contributed by atoms with Gasteiger partial charge in [-0.3, -0.25) is 9.59 Å². The number of fused-ring (bicyclic) bond motifs is 1. The molecule has 0 spiro atoms. The van der Waals surface area contributed by atoms with Crippen LogP contribution in [0.4, 0.5) is 10.1 Å². The number of ketones is 1. The molecule has 20 heavy (non-hydrogen) atoms. The van der Waals surface area contributed by atoms with Gasteiger partial charge >= 0.3 is 0 Å². The van der Waals surface area contributed by atoms with Crippen molar-refractivity contribution in [1.29, 1.82) is 0 Å². The summed E-state index contributed by atoms with van der Waals surface area (Å²) >= 11 is 5.66. The van der Waals surface area contributed by atoms with Crippen molar-refractivity contribution in [3.8, 4) is 0 Å². The Balaban J connectivity index is 1.83. The van der Waals surface area contributed by atoms with Crippen LogP contribution >= 0.6 is 11.6 Å². The molecule has 1 saturated heterocycles. The van der Waals surface area contributed by atoms with Gasteiger partial charge in [0, 0.05) is 13.2 Å². The van der Waals surface area contributed by atoms with Gasteiger partial charge in [0.1, 0.15) is 5.82 Å². The van der Waals surface area contributed by atoms with Crippen molar-refractivity contribution in [1.82, 2.24) is 0 Å². The first-order chi connectivity index (χ1) is 9.58. The van der Waals surface area contributed by atoms with Crippen molar-refractivity contribution in [2.24, 2.45) is 0 Å². The number of amides is 1. The second-order valence-corrected chi connectivity index (χ2v) is 5.40. The molecule has 6 heteroatoms. The maximum absolute atomic E-state index is 13.5. The third-order valence-electron chi connectivity index (χ3n) is 3.71. The molecule has 1 atom stereocenters. The maximum atomic E-state index is 13.5. The van der Waals surface area contributed by atoms with Crippen LogP contribution < -0.4 is 4.90 Å². The minimum Gasteiger partial charge on any atom is -0.378 e. The number of halogens is 2. The van der Waals surface area contributed by atoms with E-state index in [4.69, 9.17) is 16.3 Å². The average Bonchev–Trinajstić information content (AvgIpc) is 3.00. The summed E-state index contributed by atoms with van der Waals surface area (Å²) in [6, 6.07) is 2.37. The molecular weight excluding hydrogens is 285 g/mol. The topological polar surface area (TPSA) is 46.6 Å². The highest BCUT2D eigenvalue weighted by atomic mass is 35.5. The first-order valence-corrected chi connectivity index (χ1v) is 6.92. The van der Waals surface area contributed by atoms with Crippen molar-refractivity contribution >= 4 is 29.0 Å². The molecule has 2 aliphatic rings. The Morgan fingerprint density at radius 2 is 2.20 bits per heavy atom. The Labute approximate surface area is 120 Å². The van der Waals surface area contributed by atoms with Crippen LogP contribution in [0.3, 0.4) is 0 Å². The summed E-state index contributed by atoms with van der Waals surface area (Å²) in [4.78, 5) is 25.1. The fraction of sp³-hybridized carbons (Fsp3) is 0.429. The summed E-state index contributed by atoms with van der Waals surface area (Å²) in [5.74, 6) is -1.89. The molecule has 1 unspecified atom stereocenters. The van der Waals surface area contributed by atoms with Gasteiger partial charge < -0.3 is 9.64 Å². The highest BCUT2D eigenvalue weighted by Crippen LogP contribution is 2.33. The number of rotatable bonds is 3. The second-order valence-electron chi connectivity index (χ2n) is 4.99. The molecule has 1 amide bonds. The first kappa shape index (κ1) is 13.5. The van der Waals surface area contributed by atoms with Crippen molar-refractivity contribution in [3.05, 3.63) is 28.5 Å². The Morgan fingerprint density at radius 3 is 2.90 bits per heavy atom. The third kappa shape index (κ3) is 2.21. The summed E-state index contributed by atoms with van der Waals surface area (Å²) in [5.41, 5.74) is 0.480. The van der Waals surface area contributed by atoms with Gasteiger partial charge in [0.05, 0.1) is 22.4 Å². The highest BCUT2D eigenvalue weighted by Gasteiger charge is 2.37. The summed E-state index contributed by atoms with van der Waals surface area (Å²) in [6.45, 7) is 1.08. The summed E-state index contributed by atoms with van der Waals surface area (Å²) in [6.07, 6.45) is 2.72. The van der Waals surface area contributed by atoms with Crippen LogP contribution in [0, 0.1) is 5.82 Å². The van der Waals surface area contributed by atoms with E-state index in [9.17, 15) is 14.0 Å². The quantitative estimate of drug-likeness (QED) is 0.806. The van der Waals surface area contributed by atoms with E-state index in [0.29, 0.717) is 18.7 Å². The number of hydrogen-bond acceptors (Lipinski definition) is 3. The molecule has 0 saturated carbocycles. The predicted molar refractivity (Wildman–Crippen MR) is 71.7 cm³/mol. The van der Waals surface area contributed by atoms with Gasteiger partial charge in [-0.2, -0.15) is 0 Å². The van der Waals surface area contributed by atoms with Gasteiger partial charge in [0.2, 0.25) is 0 Å². The number of ether oxygens (including phenoxy) is 1. The molecule has 4 nitrogen and oxygen atoms in total. The predicted octanol–water partition coefficient (Wildman–Crippen LogP) is 2.58. The monoisotopic (exact) mass is 297 g/mol. The summed E-state index contributed by atoms with van der Waals surface area (Å²) in [5, 5.41) is -0.147. The van der Waals surface area contributed by atoms with Gasteiger partial charge in [0.15, 0.2) is 0 Å². The van der Waals surface area contributed by atoms with Gasteiger partial charge in [-0.05, 0) is 31.4 Å². The summed E-state index contributed by atoms with van der Waals surface area (Å²) in [7, 11) is 0. The number of hydrogen-bond donors (Lipinski definition) is 0. The molecule has 0 radical (unpaired) electrons. The van der Waals surface area contributed by atoms with Crippen LogP contribution in [-0.4, -0.2) is 30.9 Å². The molecule has 106 valence electrons. The van der Waals surface area contributed by atoms with Gasteiger partial charge in [-0.1, -0.05) is 11.6 Å². The van der Waals surface area contributed by atoms with E-state index in [2.05, 4.69) is 0 Å². The molecule has 1 fully saturated rings. The molecule has 0 aromatic heterocycles. The highest BCUT2D eigenvalue weighted by molar-refractivity contribution is 6.52. The number of carbonyl (C=O) groups excluding carboxylic acids is 2.